The largest absolute Gasteiger partial charge is 0.436 e. The molecule has 0 aromatic heterocycles. The van der Waals surface area contributed by atoms with Crippen molar-refractivity contribution in [3.8, 4) is 0 Å². The number of aliphatic imine (C=N–C) groups is 1. The summed E-state index contributed by atoms with van der Waals surface area (Å²) in [6, 6.07) is 6.94. The molecule has 2 heterocycles. The van der Waals surface area contributed by atoms with Crippen LogP contribution in [0.2, 0.25) is 0 Å². The first-order valence-electron chi connectivity index (χ1n) is 7.94. The molecule has 4 N–H and O–H groups in total. The predicted octanol–water partition coefficient (Wildman–Crippen LogP) is 0.00350. The molecule has 2 aliphatic heterocycles. The summed E-state index contributed by atoms with van der Waals surface area (Å²) in [7, 11) is 0. The Bertz CT molecular complexity index is 866. The summed E-state index contributed by atoms with van der Waals surface area (Å²) in [5.41, 5.74) is 7.74. The molecule has 1 aromatic rings. The molecule has 0 spiro atoms. The molecule has 0 aliphatic carbocycles. The molecule has 0 saturated carbocycles. The van der Waals surface area contributed by atoms with Crippen molar-refractivity contribution in [1.82, 2.24) is 15.3 Å². The van der Waals surface area contributed by atoms with Gasteiger partial charge in [-0.25, -0.2) is 15.0 Å². The number of nitrogens with two attached hydrogens (primary N) is 1. The lowest BCUT2D eigenvalue weighted by molar-refractivity contribution is -0.113. The zero-order valence-electron chi connectivity index (χ0n) is 14.3. The van der Waals surface area contributed by atoms with E-state index >= 15 is 0 Å². The van der Waals surface area contributed by atoms with Crippen LogP contribution in [0.25, 0.3) is 0 Å². The maximum absolute atomic E-state index is 12.3. The fraction of sp³-hybridized carbons (Fsp3) is 0.278. The number of carbonyl (C=O) groups excluding carboxylic acids is 2. The molecule has 0 radical (unpaired) electrons. The van der Waals surface area contributed by atoms with Gasteiger partial charge in [0.1, 0.15) is 5.71 Å². The lowest BCUT2D eigenvalue weighted by atomic mass is 9.87. The lowest BCUT2D eigenvalue weighted by Gasteiger charge is -2.18. The van der Waals surface area contributed by atoms with E-state index in [4.69, 9.17) is 5.73 Å². The number of hydrogen-bond acceptors (Lipinski definition) is 4. The quantitative estimate of drug-likeness (QED) is 0.659. The third kappa shape index (κ3) is 3.51. The summed E-state index contributed by atoms with van der Waals surface area (Å²) in [4.78, 5) is 28.3. The third-order valence-corrected chi connectivity index (χ3v) is 4.00. The number of nitrogens with one attached hydrogen (secondary N) is 2. The van der Waals surface area contributed by atoms with Gasteiger partial charge in [0.25, 0.3) is 11.8 Å². The SMILES string of the molecule is CC(C)(C)c1ccc(C(=O)N=C2C=C(C3C=[N+]=C(N)N3)NC2=O)cc1. The zero-order valence-corrected chi connectivity index (χ0v) is 14.3. The summed E-state index contributed by atoms with van der Waals surface area (Å²) < 4.78 is 3.91. The molecule has 0 saturated heterocycles. The third-order valence-electron chi connectivity index (χ3n) is 4.00. The maximum Gasteiger partial charge on any atom is 0.436 e. The Hall–Kier alpha value is -3.18. The predicted molar refractivity (Wildman–Crippen MR) is 97.4 cm³/mol. The number of nitrogens with zero attached hydrogens (tertiary/aromatic N) is 2. The van der Waals surface area contributed by atoms with Crippen LogP contribution in [0.15, 0.2) is 41.0 Å². The first-order chi connectivity index (χ1) is 11.7. The van der Waals surface area contributed by atoms with Crippen LogP contribution in [-0.2, 0) is 10.2 Å². The number of carbonyl (C=O) groups is 2. The van der Waals surface area contributed by atoms with E-state index in [2.05, 4.69) is 41.1 Å². The van der Waals surface area contributed by atoms with Gasteiger partial charge in [-0.15, -0.1) is 0 Å². The zero-order chi connectivity index (χ0) is 18.2. The van der Waals surface area contributed by atoms with Crippen molar-refractivity contribution in [2.24, 2.45) is 10.7 Å². The van der Waals surface area contributed by atoms with Crippen molar-refractivity contribution in [2.45, 2.75) is 32.2 Å². The second-order valence-electron chi connectivity index (χ2n) is 6.97. The summed E-state index contributed by atoms with van der Waals surface area (Å²) in [5, 5.41) is 5.56. The number of rotatable bonds is 2. The van der Waals surface area contributed by atoms with Gasteiger partial charge < -0.3 is 5.32 Å². The number of guanidine groups is 1. The Morgan fingerprint density at radius 1 is 1.24 bits per heavy atom. The number of hydrogen-bond donors (Lipinski definition) is 3. The van der Waals surface area contributed by atoms with Crippen LogP contribution in [0.4, 0.5) is 0 Å². The summed E-state index contributed by atoms with van der Waals surface area (Å²) in [6.07, 6.45) is 3.11. The van der Waals surface area contributed by atoms with Crippen LogP contribution in [0.1, 0.15) is 36.7 Å². The normalized spacial score (nSPS) is 21.0. The fourth-order valence-electron chi connectivity index (χ4n) is 2.53. The maximum atomic E-state index is 12.3. The molecule has 2 amide bonds. The summed E-state index contributed by atoms with van der Waals surface area (Å²) in [6.45, 7) is 6.30. The highest BCUT2D eigenvalue weighted by atomic mass is 16.2. The molecule has 7 heteroatoms. The lowest BCUT2D eigenvalue weighted by Crippen LogP contribution is -2.40. The number of benzene rings is 1. The van der Waals surface area contributed by atoms with Gasteiger partial charge in [-0.2, -0.15) is 0 Å². The highest BCUT2D eigenvalue weighted by Crippen LogP contribution is 2.22. The van der Waals surface area contributed by atoms with Crippen molar-refractivity contribution in [2.75, 3.05) is 0 Å². The molecule has 0 fully saturated rings. The van der Waals surface area contributed by atoms with Crippen molar-refractivity contribution in [3.63, 3.8) is 0 Å². The minimum atomic E-state index is -0.456. The Morgan fingerprint density at radius 2 is 1.92 bits per heavy atom. The van der Waals surface area contributed by atoms with Crippen LogP contribution in [0.3, 0.4) is 0 Å². The van der Waals surface area contributed by atoms with Crippen LogP contribution in [0.5, 0.6) is 0 Å². The fourth-order valence-corrected chi connectivity index (χ4v) is 2.53. The van der Waals surface area contributed by atoms with Crippen molar-refractivity contribution >= 4 is 29.7 Å². The Balaban J connectivity index is 1.78. The molecule has 128 valence electrons. The average molecular weight is 338 g/mol. The van der Waals surface area contributed by atoms with E-state index in [1.807, 2.05) is 12.1 Å². The van der Waals surface area contributed by atoms with Gasteiger partial charge in [-0.3, -0.25) is 15.3 Å². The Kier molecular flexibility index (Phi) is 4.02. The standard InChI is InChI=1S/C18H19N5O2/c1-18(2,3)11-6-4-10(5-7-11)15(24)22-13-8-12(21-16(13)25)14-9-20-17(19)23-14/h4-9,14H,1-3H3,(H3,19,21,22,23,24,25)/p+1. The topological polar surface area (TPSA) is 111 Å². The molecular weight excluding hydrogens is 318 g/mol. The molecule has 7 nitrogen and oxygen atoms in total. The van der Waals surface area contributed by atoms with Crippen LogP contribution in [0, 0.1) is 0 Å². The molecule has 25 heavy (non-hydrogen) atoms. The highest BCUT2D eigenvalue weighted by molar-refractivity contribution is 6.47. The van der Waals surface area contributed by atoms with Gasteiger partial charge in [0, 0.05) is 5.56 Å². The van der Waals surface area contributed by atoms with Gasteiger partial charge in [-0.1, -0.05) is 32.9 Å². The van der Waals surface area contributed by atoms with Crippen LogP contribution < -0.4 is 21.0 Å². The second-order valence-corrected chi connectivity index (χ2v) is 6.97. The average Bonchev–Trinajstić information content (AvgIpc) is 3.13. The summed E-state index contributed by atoms with van der Waals surface area (Å²) >= 11 is 0. The highest BCUT2D eigenvalue weighted by Gasteiger charge is 2.31. The van der Waals surface area contributed by atoms with Gasteiger partial charge in [-0.05, 0) is 29.2 Å². The minimum Gasteiger partial charge on any atom is -0.321 e. The van der Waals surface area contributed by atoms with E-state index in [-0.39, 0.29) is 23.1 Å². The van der Waals surface area contributed by atoms with E-state index in [0.29, 0.717) is 11.3 Å². The van der Waals surface area contributed by atoms with E-state index in [0.717, 1.165) is 5.56 Å². The van der Waals surface area contributed by atoms with E-state index in [9.17, 15) is 9.59 Å². The van der Waals surface area contributed by atoms with Gasteiger partial charge in [0.15, 0.2) is 12.3 Å². The molecule has 1 atom stereocenters. The molecule has 0 bridgehead atoms. The second kappa shape index (κ2) is 6.03. The van der Waals surface area contributed by atoms with Crippen molar-refractivity contribution in [3.05, 3.63) is 47.2 Å². The summed E-state index contributed by atoms with van der Waals surface area (Å²) in [5.74, 6) is -0.599. The minimum absolute atomic E-state index is 0.00511. The van der Waals surface area contributed by atoms with E-state index < -0.39 is 11.8 Å². The van der Waals surface area contributed by atoms with E-state index in [1.54, 1.807) is 18.3 Å². The van der Waals surface area contributed by atoms with Crippen LogP contribution in [-0.4, -0.2) is 35.7 Å². The molecular formula is C18H20N5O2+. The Labute approximate surface area is 145 Å². The van der Waals surface area contributed by atoms with Gasteiger partial charge in [0.05, 0.1) is 5.70 Å². The molecule has 3 rings (SSSR count). The first kappa shape index (κ1) is 16.7. The van der Waals surface area contributed by atoms with Crippen molar-refractivity contribution in [1.29, 1.82) is 0 Å². The van der Waals surface area contributed by atoms with Crippen molar-refractivity contribution < 1.29 is 9.59 Å². The Morgan fingerprint density at radius 3 is 2.48 bits per heavy atom. The first-order valence-corrected chi connectivity index (χ1v) is 7.94. The number of amides is 2. The molecule has 2 aliphatic rings. The van der Waals surface area contributed by atoms with Gasteiger partial charge in [0.2, 0.25) is 0 Å². The van der Waals surface area contributed by atoms with Gasteiger partial charge >= 0.3 is 5.96 Å². The molecule has 1 unspecified atom stereocenters. The van der Waals surface area contributed by atoms with E-state index in [1.165, 1.54) is 6.08 Å². The monoisotopic (exact) mass is 338 g/mol. The molecule has 1 aromatic carbocycles. The van der Waals surface area contributed by atoms with Crippen LogP contribution >= 0.6 is 0 Å². The smallest absolute Gasteiger partial charge is 0.321 e.